The van der Waals surface area contributed by atoms with Gasteiger partial charge in [0.05, 0.1) is 6.10 Å². The molecule has 2 nitrogen and oxygen atoms in total. The van der Waals surface area contributed by atoms with Gasteiger partial charge in [-0.25, -0.2) is 0 Å². The molecule has 0 amide bonds. The molecule has 1 N–H and O–H groups in total. The zero-order valence-corrected chi connectivity index (χ0v) is 8.37. The van der Waals surface area contributed by atoms with Gasteiger partial charge in [0.25, 0.3) is 0 Å². The second kappa shape index (κ2) is 4.17. The van der Waals surface area contributed by atoms with E-state index in [1.807, 2.05) is 19.9 Å². The third-order valence-corrected chi connectivity index (χ3v) is 2.08. The molecule has 0 spiro atoms. The molecule has 0 aliphatic heterocycles. The molecule has 0 aromatic heterocycles. The minimum atomic E-state index is 0.226. The van der Waals surface area contributed by atoms with Crippen LogP contribution in [0.15, 0.2) is 18.2 Å². The van der Waals surface area contributed by atoms with Crippen LogP contribution in [0.25, 0.3) is 0 Å². The zero-order chi connectivity index (χ0) is 9.84. The van der Waals surface area contributed by atoms with Crippen LogP contribution in [0.2, 0.25) is 0 Å². The summed E-state index contributed by atoms with van der Waals surface area (Å²) in [5.41, 5.74) is 0.848. The van der Waals surface area contributed by atoms with Crippen molar-refractivity contribution >= 4 is 0 Å². The van der Waals surface area contributed by atoms with Gasteiger partial charge in [-0.15, -0.1) is 0 Å². The van der Waals surface area contributed by atoms with E-state index in [1.54, 1.807) is 12.1 Å². The van der Waals surface area contributed by atoms with E-state index in [2.05, 4.69) is 6.92 Å². The van der Waals surface area contributed by atoms with Crippen molar-refractivity contribution in [2.24, 2.45) is 0 Å². The summed E-state index contributed by atoms with van der Waals surface area (Å²) in [6.45, 7) is 5.97. The van der Waals surface area contributed by atoms with Gasteiger partial charge in [0.1, 0.15) is 11.5 Å². The maximum Gasteiger partial charge on any atom is 0.120 e. The maximum atomic E-state index is 9.28. The molecule has 0 heterocycles. The number of ether oxygens (including phenoxy) is 1. The minimum absolute atomic E-state index is 0.226. The largest absolute Gasteiger partial charge is 0.508 e. The molecule has 0 saturated heterocycles. The van der Waals surface area contributed by atoms with E-state index >= 15 is 0 Å². The number of phenolic OH excluding ortho intramolecular Hbond substituents is 1. The van der Waals surface area contributed by atoms with E-state index in [-0.39, 0.29) is 6.10 Å². The molecule has 0 aliphatic rings. The first-order valence-electron chi connectivity index (χ1n) is 4.59. The van der Waals surface area contributed by atoms with Gasteiger partial charge in [0.15, 0.2) is 0 Å². The predicted molar refractivity (Wildman–Crippen MR) is 53.2 cm³/mol. The second-order valence-electron chi connectivity index (χ2n) is 3.29. The summed E-state index contributed by atoms with van der Waals surface area (Å²) in [7, 11) is 0. The monoisotopic (exact) mass is 180 g/mol. The lowest BCUT2D eigenvalue weighted by atomic mass is 10.2. The van der Waals surface area contributed by atoms with Crippen LogP contribution in [-0.4, -0.2) is 11.2 Å². The highest BCUT2D eigenvalue weighted by Gasteiger charge is 2.02. The Bertz CT molecular complexity index is 281. The van der Waals surface area contributed by atoms with Crippen LogP contribution >= 0.6 is 0 Å². The number of rotatable bonds is 3. The number of benzene rings is 1. The lowest BCUT2D eigenvalue weighted by Gasteiger charge is -2.13. The Kier molecular flexibility index (Phi) is 3.18. The predicted octanol–water partition coefficient (Wildman–Crippen LogP) is 2.88. The number of aryl methyl sites for hydroxylation is 1. The molecule has 72 valence electrons. The van der Waals surface area contributed by atoms with Gasteiger partial charge in [0, 0.05) is 0 Å². The summed E-state index contributed by atoms with van der Waals surface area (Å²) in [5.74, 6) is 1.14. The Morgan fingerprint density at radius 3 is 2.69 bits per heavy atom. The first-order valence-corrected chi connectivity index (χ1v) is 4.59. The van der Waals surface area contributed by atoms with Gasteiger partial charge < -0.3 is 9.84 Å². The van der Waals surface area contributed by atoms with E-state index < -0.39 is 0 Å². The molecule has 0 bridgehead atoms. The Morgan fingerprint density at radius 2 is 2.15 bits per heavy atom. The molecular formula is C11H16O2. The van der Waals surface area contributed by atoms with Crippen LogP contribution in [0.3, 0.4) is 0 Å². The quantitative estimate of drug-likeness (QED) is 0.775. The first kappa shape index (κ1) is 9.90. The molecule has 1 rings (SSSR count). The van der Waals surface area contributed by atoms with Crippen LogP contribution < -0.4 is 4.74 Å². The number of hydrogen-bond acceptors (Lipinski definition) is 2. The average Bonchev–Trinajstić information content (AvgIpc) is 2.11. The van der Waals surface area contributed by atoms with Crippen molar-refractivity contribution in [2.75, 3.05) is 0 Å². The fourth-order valence-electron chi connectivity index (χ4n) is 1.02. The van der Waals surface area contributed by atoms with Gasteiger partial charge in [-0.2, -0.15) is 0 Å². The molecule has 13 heavy (non-hydrogen) atoms. The fraction of sp³-hybridized carbons (Fsp3) is 0.455. The van der Waals surface area contributed by atoms with Crippen LogP contribution in [0.1, 0.15) is 25.8 Å². The molecule has 0 fully saturated rings. The third-order valence-electron chi connectivity index (χ3n) is 2.08. The highest BCUT2D eigenvalue weighted by Crippen LogP contribution is 2.22. The summed E-state index contributed by atoms with van der Waals surface area (Å²) in [6.07, 6.45) is 1.21. The van der Waals surface area contributed by atoms with Crippen molar-refractivity contribution in [3.63, 3.8) is 0 Å². The highest BCUT2D eigenvalue weighted by molar-refractivity contribution is 5.38. The molecule has 0 saturated carbocycles. The topological polar surface area (TPSA) is 29.5 Å². The van der Waals surface area contributed by atoms with E-state index in [9.17, 15) is 5.11 Å². The van der Waals surface area contributed by atoms with Crippen molar-refractivity contribution in [2.45, 2.75) is 33.3 Å². The molecular weight excluding hydrogens is 164 g/mol. The summed E-state index contributed by atoms with van der Waals surface area (Å²) in [6, 6.07) is 5.29. The van der Waals surface area contributed by atoms with Gasteiger partial charge in [-0.3, -0.25) is 0 Å². The maximum absolute atomic E-state index is 9.28. The lowest BCUT2D eigenvalue weighted by Crippen LogP contribution is -2.09. The molecule has 1 aromatic carbocycles. The van der Waals surface area contributed by atoms with Crippen LogP contribution in [0.4, 0.5) is 0 Å². The molecule has 1 atom stereocenters. The average molecular weight is 180 g/mol. The lowest BCUT2D eigenvalue weighted by molar-refractivity contribution is 0.217. The van der Waals surface area contributed by atoms with E-state index in [0.717, 1.165) is 17.7 Å². The van der Waals surface area contributed by atoms with Crippen molar-refractivity contribution in [3.8, 4) is 11.5 Å². The number of phenols is 1. The third kappa shape index (κ3) is 2.65. The number of aromatic hydroxyl groups is 1. The summed E-state index contributed by atoms with van der Waals surface area (Å²) < 4.78 is 5.59. The van der Waals surface area contributed by atoms with E-state index in [0.29, 0.717) is 5.75 Å². The van der Waals surface area contributed by atoms with E-state index in [4.69, 9.17) is 4.74 Å². The summed E-state index contributed by atoms with van der Waals surface area (Å²) in [5, 5.41) is 9.28. The van der Waals surface area contributed by atoms with Crippen molar-refractivity contribution in [1.29, 1.82) is 0 Å². The van der Waals surface area contributed by atoms with Gasteiger partial charge in [-0.05, 0) is 44.0 Å². The SMILES string of the molecule is CCC(C)Oc1ccc(O)c(C)c1. The Hall–Kier alpha value is -1.18. The van der Waals surface area contributed by atoms with E-state index in [1.165, 1.54) is 0 Å². The van der Waals surface area contributed by atoms with Gasteiger partial charge in [-0.1, -0.05) is 6.92 Å². The Balaban J connectivity index is 2.73. The number of hydrogen-bond donors (Lipinski definition) is 1. The molecule has 1 aromatic rings. The van der Waals surface area contributed by atoms with Crippen LogP contribution in [0, 0.1) is 6.92 Å². The fourth-order valence-corrected chi connectivity index (χ4v) is 1.02. The smallest absolute Gasteiger partial charge is 0.120 e. The first-order chi connectivity index (χ1) is 6.13. The standard InChI is InChI=1S/C11H16O2/c1-4-9(3)13-10-5-6-11(12)8(2)7-10/h5-7,9,12H,4H2,1-3H3. The van der Waals surface area contributed by atoms with Gasteiger partial charge in [0.2, 0.25) is 0 Å². The molecule has 1 unspecified atom stereocenters. The second-order valence-corrected chi connectivity index (χ2v) is 3.29. The van der Waals surface area contributed by atoms with Crippen molar-refractivity contribution in [3.05, 3.63) is 23.8 Å². The highest BCUT2D eigenvalue weighted by atomic mass is 16.5. The normalized spacial score (nSPS) is 12.5. The molecule has 0 aliphatic carbocycles. The zero-order valence-electron chi connectivity index (χ0n) is 8.37. The van der Waals surface area contributed by atoms with Crippen LogP contribution in [0.5, 0.6) is 11.5 Å². The summed E-state index contributed by atoms with van der Waals surface area (Å²) >= 11 is 0. The van der Waals surface area contributed by atoms with Crippen LogP contribution in [-0.2, 0) is 0 Å². The summed E-state index contributed by atoms with van der Waals surface area (Å²) in [4.78, 5) is 0. The van der Waals surface area contributed by atoms with Gasteiger partial charge >= 0.3 is 0 Å². The van der Waals surface area contributed by atoms with Crippen molar-refractivity contribution < 1.29 is 9.84 Å². The Morgan fingerprint density at radius 1 is 1.46 bits per heavy atom. The molecule has 2 heteroatoms. The Labute approximate surface area is 79.2 Å². The minimum Gasteiger partial charge on any atom is -0.508 e. The molecule has 0 radical (unpaired) electrons. The van der Waals surface area contributed by atoms with Crippen molar-refractivity contribution in [1.82, 2.24) is 0 Å².